The Morgan fingerprint density at radius 2 is 1.62 bits per heavy atom. The number of carbonyl (C=O) groups excluding carboxylic acids is 3. The van der Waals surface area contributed by atoms with Crippen LogP contribution in [0.2, 0.25) is 0 Å². The molecule has 0 N–H and O–H groups in total. The number of amides is 4. The lowest BCUT2D eigenvalue weighted by Gasteiger charge is -2.21. The molecular weight excluding hydrogens is 336 g/mol. The first-order valence-electron chi connectivity index (χ1n) is 7.01. The van der Waals surface area contributed by atoms with Crippen molar-refractivity contribution in [1.82, 2.24) is 9.80 Å². The maximum atomic E-state index is 12.4. The maximum absolute atomic E-state index is 12.4. The van der Waals surface area contributed by atoms with Gasteiger partial charge in [0, 0.05) is 10.5 Å². The molecule has 0 bridgehead atoms. The molecule has 6 heteroatoms. The summed E-state index contributed by atoms with van der Waals surface area (Å²) in [5, 5.41) is 0. The van der Waals surface area contributed by atoms with Crippen molar-refractivity contribution in [3.05, 3.63) is 34.3 Å². The van der Waals surface area contributed by atoms with Crippen molar-refractivity contribution in [2.75, 3.05) is 0 Å². The van der Waals surface area contributed by atoms with Crippen LogP contribution in [0.15, 0.2) is 28.7 Å². The van der Waals surface area contributed by atoms with Crippen molar-refractivity contribution < 1.29 is 14.4 Å². The van der Waals surface area contributed by atoms with Crippen LogP contribution in [0.3, 0.4) is 0 Å². The molecule has 3 rings (SSSR count). The van der Waals surface area contributed by atoms with E-state index in [0.29, 0.717) is 0 Å². The third-order valence-electron chi connectivity index (χ3n) is 4.03. The second-order valence-corrected chi connectivity index (χ2v) is 6.33. The number of imide groups is 2. The fourth-order valence-electron chi connectivity index (χ4n) is 2.92. The highest BCUT2D eigenvalue weighted by atomic mass is 79.9. The van der Waals surface area contributed by atoms with E-state index in [1.807, 2.05) is 24.3 Å². The minimum Gasteiger partial charge on any atom is -0.263 e. The fourth-order valence-corrected chi connectivity index (χ4v) is 3.18. The van der Waals surface area contributed by atoms with Crippen LogP contribution >= 0.6 is 15.9 Å². The van der Waals surface area contributed by atoms with Crippen LogP contribution in [0.5, 0.6) is 0 Å². The van der Waals surface area contributed by atoms with Crippen molar-refractivity contribution in [2.45, 2.75) is 38.3 Å². The van der Waals surface area contributed by atoms with E-state index >= 15 is 0 Å². The second kappa shape index (κ2) is 5.60. The monoisotopic (exact) mass is 350 g/mol. The quantitative estimate of drug-likeness (QED) is 0.622. The average molecular weight is 351 g/mol. The van der Waals surface area contributed by atoms with Crippen LogP contribution in [0.1, 0.15) is 31.2 Å². The highest BCUT2D eigenvalue weighted by Crippen LogP contribution is 2.28. The van der Waals surface area contributed by atoms with E-state index in [2.05, 4.69) is 15.9 Å². The van der Waals surface area contributed by atoms with Gasteiger partial charge in [-0.25, -0.2) is 4.79 Å². The number of rotatable bonds is 3. The standard InChI is InChI=1S/C15H15BrN2O3/c16-11-7-5-10(6-8-11)9-17-13(19)14(20)18(15(17)21)12-3-1-2-4-12/h5-8,12H,1-4,9H2. The summed E-state index contributed by atoms with van der Waals surface area (Å²) in [4.78, 5) is 38.7. The van der Waals surface area contributed by atoms with Crippen LogP contribution < -0.4 is 0 Å². The lowest BCUT2D eigenvalue weighted by atomic mass is 10.2. The van der Waals surface area contributed by atoms with Gasteiger partial charge in [0.05, 0.1) is 6.54 Å². The van der Waals surface area contributed by atoms with Crippen LogP contribution in [0.4, 0.5) is 4.79 Å². The molecule has 5 nitrogen and oxygen atoms in total. The Bertz CT molecular complexity index is 593. The van der Waals surface area contributed by atoms with Crippen LogP contribution in [0, 0.1) is 0 Å². The molecule has 1 heterocycles. The highest BCUT2D eigenvalue weighted by molar-refractivity contribution is 9.10. The van der Waals surface area contributed by atoms with Crippen molar-refractivity contribution in [1.29, 1.82) is 0 Å². The highest BCUT2D eigenvalue weighted by Gasteiger charge is 2.47. The van der Waals surface area contributed by atoms with Gasteiger partial charge in [0.1, 0.15) is 0 Å². The lowest BCUT2D eigenvalue weighted by Crippen LogP contribution is -2.39. The Hall–Kier alpha value is -1.69. The first-order valence-corrected chi connectivity index (χ1v) is 7.80. The average Bonchev–Trinajstić information content (AvgIpc) is 3.05. The van der Waals surface area contributed by atoms with E-state index in [4.69, 9.17) is 0 Å². The summed E-state index contributed by atoms with van der Waals surface area (Å²) >= 11 is 3.34. The van der Waals surface area contributed by atoms with Crippen LogP contribution in [-0.4, -0.2) is 33.7 Å². The zero-order chi connectivity index (χ0) is 15.0. The summed E-state index contributed by atoms with van der Waals surface area (Å²) in [6, 6.07) is 6.76. The van der Waals surface area contributed by atoms with E-state index < -0.39 is 17.8 Å². The molecular formula is C15H15BrN2O3. The number of benzene rings is 1. The molecule has 0 unspecified atom stereocenters. The van der Waals surface area contributed by atoms with Crippen LogP contribution in [0.25, 0.3) is 0 Å². The van der Waals surface area contributed by atoms with Crippen molar-refractivity contribution in [3.8, 4) is 0 Å². The van der Waals surface area contributed by atoms with Gasteiger partial charge >= 0.3 is 17.8 Å². The summed E-state index contributed by atoms with van der Waals surface area (Å²) in [5.41, 5.74) is 0.820. The predicted octanol–water partition coefficient (Wildman–Crippen LogP) is 2.68. The Morgan fingerprint density at radius 1 is 1.00 bits per heavy atom. The van der Waals surface area contributed by atoms with Gasteiger partial charge in [-0.2, -0.15) is 0 Å². The maximum Gasteiger partial charge on any atom is 0.334 e. The van der Waals surface area contributed by atoms with E-state index in [9.17, 15) is 14.4 Å². The largest absolute Gasteiger partial charge is 0.334 e. The molecule has 1 aromatic rings. The molecule has 1 aliphatic carbocycles. The second-order valence-electron chi connectivity index (χ2n) is 5.41. The van der Waals surface area contributed by atoms with Crippen molar-refractivity contribution in [2.24, 2.45) is 0 Å². The fraction of sp³-hybridized carbons (Fsp3) is 0.400. The molecule has 1 aromatic carbocycles. The normalized spacial score (nSPS) is 20.0. The smallest absolute Gasteiger partial charge is 0.263 e. The summed E-state index contributed by atoms with van der Waals surface area (Å²) in [6.07, 6.45) is 3.61. The summed E-state index contributed by atoms with van der Waals surface area (Å²) in [6.45, 7) is 0.139. The first kappa shape index (κ1) is 14.3. The zero-order valence-electron chi connectivity index (χ0n) is 11.4. The Balaban J connectivity index is 1.79. The summed E-state index contributed by atoms with van der Waals surface area (Å²) in [7, 11) is 0. The molecule has 21 heavy (non-hydrogen) atoms. The third kappa shape index (κ3) is 2.60. The molecule has 1 saturated heterocycles. The van der Waals surface area contributed by atoms with Crippen molar-refractivity contribution in [3.63, 3.8) is 0 Å². The van der Waals surface area contributed by atoms with Gasteiger partial charge < -0.3 is 0 Å². The first-order chi connectivity index (χ1) is 10.1. The molecule has 2 aliphatic rings. The topological polar surface area (TPSA) is 57.7 Å². The van der Waals surface area contributed by atoms with E-state index in [-0.39, 0.29) is 12.6 Å². The molecule has 0 atom stereocenters. The summed E-state index contributed by atoms with van der Waals surface area (Å²) in [5.74, 6) is -1.39. The van der Waals surface area contributed by atoms with Crippen LogP contribution in [-0.2, 0) is 16.1 Å². The molecule has 0 spiro atoms. The SMILES string of the molecule is O=C1C(=O)N(C2CCCC2)C(=O)N1Cc1ccc(Br)cc1. The Labute approximate surface area is 131 Å². The van der Waals surface area contributed by atoms with Gasteiger partial charge in [-0.15, -0.1) is 0 Å². The number of hydrogen-bond acceptors (Lipinski definition) is 3. The zero-order valence-corrected chi connectivity index (χ0v) is 13.0. The number of halogens is 1. The molecule has 1 aliphatic heterocycles. The minimum absolute atomic E-state index is 0.108. The number of hydrogen-bond donors (Lipinski definition) is 0. The molecule has 110 valence electrons. The van der Waals surface area contributed by atoms with E-state index in [0.717, 1.165) is 45.5 Å². The third-order valence-corrected chi connectivity index (χ3v) is 4.56. The molecule has 1 saturated carbocycles. The minimum atomic E-state index is -0.713. The number of urea groups is 1. The van der Waals surface area contributed by atoms with Gasteiger partial charge in [0.2, 0.25) is 0 Å². The van der Waals surface area contributed by atoms with E-state index in [1.54, 1.807) is 0 Å². The van der Waals surface area contributed by atoms with Gasteiger partial charge in [-0.1, -0.05) is 40.9 Å². The molecule has 2 fully saturated rings. The molecule has 0 radical (unpaired) electrons. The Kier molecular flexibility index (Phi) is 3.80. The lowest BCUT2D eigenvalue weighted by molar-refractivity contribution is -0.144. The van der Waals surface area contributed by atoms with Gasteiger partial charge in [-0.3, -0.25) is 19.4 Å². The summed E-state index contributed by atoms with van der Waals surface area (Å²) < 4.78 is 0.925. The molecule has 0 aromatic heterocycles. The number of carbonyl (C=O) groups is 3. The van der Waals surface area contributed by atoms with Gasteiger partial charge in [0.25, 0.3) is 0 Å². The van der Waals surface area contributed by atoms with E-state index in [1.165, 1.54) is 0 Å². The predicted molar refractivity (Wildman–Crippen MR) is 79.2 cm³/mol. The van der Waals surface area contributed by atoms with Crippen molar-refractivity contribution >= 4 is 33.8 Å². The van der Waals surface area contributed by atoms with Gasteiger partial charge in [0.15, 0.2) is 0 Å². The number of nitrogens with zero attached hydrogens (tertiary/aromatic N) is 2. The van der Waals surface area contributed by atoms with Gasteiger partial charge in [-0.05, 0) is 30.5 Å². The molecule has 4 amide bonds. The Morgan fingerprint density at radius 3 is 2.24 bits per heavy atom.